The van der Waals surface area contributed by atoms with Gasteiger partial charge in [-0.2, -0.15) is 5.26 Å². The van der Waals surface area contributed by atoms with E-state index in [1.54, 1.807) is 6.07 Å². The molecular weight excluding hydrogens is 256 g/mol. The fraction of sp³-hybridized carbons (Fsp3) is 0.250. The lowest BCUT2D eigenvalue weighted by Crippen LogP contribution is -2.04. The van der Waals surface area contributed by atoms with Crippen molar-refractivity contribution >= 4 is 21.6 Å². The summed E-state index contributed by atoms with van der Waals surface area (Å²) >= 11 is 3.07. The molecule has 0 unspecified atom stereocenters. The minimum atomic E-state index is -2.76. The summed E-state index contributed by atoms with van der Waals surface area (Å²) in [5.74, 6) is 0. The van der Waals surface area contributed by atoms with Crippen LogP contribution in [0.3, 0.4) is 0 Å². The van der Waals surface area contributed by atoms with E-state index in [0.29, 0.717) is 5.69 Å². The van der Waals surface area contributed by atoms with Crippen LogP contribution < -0.4 is 5.73 Å². The molecule has 3 nitrogen and oxygen atoms in total. The van der Waals surface area contributed by atoms with Crippen LogP contribution in [-0.2, 0) is 5.33 Å². The maximum Gasteiger partial charge on any atom is 0.267 e. The zero-order valence-electron chi connectivity index (χ0n) is 6.97. The van der Waals surface area contributed by atoms with Crippen LogP contribution in [0.1, 0.15) is 23.2 Å². The van der Waals surface area contributed by atoms with Crippen LogP contribution in [0, 0.1) is 11.3 Å². The fourth-order valence-electron chi connectivity index (χ4n) is 1.01. The van der Waals surface area contributed by atoms with Crippen molar-refractivity contribution in [2.75, 3.05) is 5.73 Å². The Morgan fingerprint density at radius 2 is 2.29 bits per heavy atom. The minimum Gasteiger partial charge on any atom is -0.397 e. The van der Waals surface area contributed by atoms with Gasteiger partial charge < -0.3 is 5.73 Å². The Hall–Kier alpha value is -1.22. The second-order valence-corrected chi connectivity index (χ2v) is 3.05. The van der Waals surface area contributed by atoms with Crippen LogP contribution in [0.2, 0.25) is 0 Å². The topological polar surface area (TPSA) is 62.7 Å². The number of nitriles is 1. The maximum atomic E-state index is 12.5. The normalized spacial score (nSPS) is 10.2. The van der Waals surface area contributed by atoms with Gasteiger partial charge in [0, 0.05) is 11.5 Å². The van der Waals surface area contributed by atoms with E-state index >= 15 is 0 Å². The van der Waals surface area contributed by atoms with Gasteiger partial charge in [0.05, 0.1) is 22.5 Å². The van der Waals surface area contributed by atoms with E-state index in [1.165, 1.54) is 0 Å². The summed E-state index contributed by atoms with van der Waals surface area (Å²) in [6, 6.07) is 1.63. The molecule has 1 rings (SSSR count). The number of hydrogen-bond acceptors (Lipinski definition) is 3. The number of aromatic nitrogens is 1. The molecule has 0 aromatic carbocycles. The molecule has 0 bridgehead atoms. The van der Waals surface area contributed by atoms with Gasteiger partial charge in [0.15, 0.2) is 0 Å². The average molecular weight is 262 g/mol. The predicted molar refractivity (Wildman–Crippen MR) is 51.0 cm³/mol. The monoisotopic (exact) mass is 261 g/mol. The molecule has 1 heterocycles. The molecule has 74 valence electrons. The van der Waals surface area contributed by atoms with Crippen molar-refractivity contribution in [3.05, 3.63) is 23.0 Å². The molecule has 0 saturated carbocycles. The van der Waals surface area contributed by atoms with Crippen LogP contribution in [-0.4, -0.2) is 4.98 Å². The van der Waals surface area contributed by atoms with Gasteiger partial charge in [0.1, 0.15) is 6.07 Å². The van der Waals surface area contributed by atoms with Crippen LogP contribution >= 0.6 is 15.9 Å². The van der Waals surface area contributed by atoms with E-state index < -0.39 is 12.0 Å². The lowest BCUT2D eigenvalue weighted by atomic mass is 10.1. The number of halogens is 3. The summed E-state index contributed by atoms with van der Waals surface area (Å²) in [7, 11) is 0. The molecule has 0 fully saturated rings. The molecule has 6 heteroatoms. The second-order valence-electron chi connectivity index (χ2n) is 2.49. The number of rotatable bonds is 2. The van der Waals surface area contributed by atoms with Gasteiger partial charge >= 0.3 is 0 Å². The van der Waals surface area contributed by atoms with Crippen molar-refractivity contribution in [1.29, 1.82) is 5.26 Å². The highest BCUT2D eigenvalue weighted by atomic mass is 79.9. The molecule has 0 aliphatic carbocycles. The molecular formula is C8H6BrF2N3. The number of nitrogen functional groups attached to an aromatic ring is 1. The fourth-order valence-corrected chi connectivity index (χ4v) is 1.46. The number of alkyl halides is 3. The van der Waals surface area contributed by atoms with Crippen LogP contribution in [0.4, 0.5) is 14.5 Å². The molecule has 1 aromatic heterocycles. The molecule has 14 heavy (non-hydrogen) atoms. The lowest BCUT2D eigenvalue weighted by molar-refractivity contribution is 0.151. The molecule has 0 spiro atoms. The average Bonchev–Trinajstić information content (AvgIpc) is 2.16. The van der Waals surface area contributed by atoms with Gasteiger partial charge in [-0.1, -0.05) is 15.9 Å². The highest BCUT2D eigenvalue weighted by molar-refractivity contribution is 9.08. The minimum absolute atomic E-state index is 0.115. The van der Waals surface area contributed by atoms with Gasteiger partial charge in [-0.25, -0.2) is 8.78 Å². The van der Waals surface area contributed by atoms with Gasteiger partial charge in [-0.3, -0.25) is 4.98 Å². The van der Waals surface area contributed by atoms with E-state index in [0.717, 1.165) is 6.20 Å². The zero-order chi connectivity index (χ0) is 10.7. The molecule has 0 saturated heterocycles. The summed E-state index contributed by atoms with van der Waals surface area (Å²) in [5, 5.41) is 8.85. The first-order chi connectivity index (χ1) is 6.61. The number of nitrogens with zero attached hydrogens (tertiary/aromatic N) is 2. The quantitative estimate of drug-likeness (QED) is 0.832. The highest BCUT2D eigenvalue weighted by Gasteiger charge is 2.19. The van der Waals surface area contributed by atoms with Crippen molar-refractivity contribution in [2.24, 2.45) is 0 Å². The summed E-state index contributed by atoms with van der Waals surface area (Å²) in [4.78, 5) is 3.78. The Kier molecular flexibility index (Phi) is 3.36. The Morgan fingerprint density at radius 1 is 1.64 bits per heavy atom. The molecule has 2 N–H and O–H groups in total. The zero-order valence-corrected chi connectivity index (χ0v) is 8.55. The molecule has 0 atom stereocenters. The molecule has 0 radical (unpaired) electrons. The third-order valence-corrected chi connectivity index (χ3v) is 2.24. The van der Waals surface area contributed by atoms with E-state index in [4.69, 9.17) is 11.0 Å². The Morgan fingerprint density at radius 3 is 2.71 bits per heavy atom. The van der Waals surface area contributed by atoms with E-state index in [-0.39, 0.29) is 16.6 Å². The number of nitrogens with two attached hydrogens (primary N) is 1. The van der Waals surface area contributed by atoms with Gasteiger partial charge in [0.25, 0.3) is 6.43 Å². The molecule has 0 aliphatic heterocycles. The molecule has 1 aromatic rings. The van der Waals surface area contributed by atoms with Crippen molar-refractivity contribution in [3.8, 4) is 6.07 Å². The first-order valence-corrected chi connectivity index (χ1v) is 4.75. The van der Waals surface area contributed by atoms with Gasteiger partial charge in [-0.15, -0.1) is 0 Å². The summed E-state index contributed by atoms with van der Waals surface area (Å²) in [5.41, 5.74) is 5.04. The summed E-state index contributed by atoms with van der Waals surface area (Å²) < 4.78 is 25.0. The first kappa shape index (κ1) is 10.9. The summed E-state index contributed by atoms with van der Waals surface area (Å²) in [6.45, 7) is 0. The standard InChI is InChI=1S/C8H6BrF2N3/c9-1-5-7(13)6(8(10)11)4(2-12)3-14-5/h3,8H,1,13H2. The number of pyridine rings is 1. The number of hydrogen-bond donors (Lipinski definition) is 1. The van der Waals surface area contributed by atoms with E-state index in [9.17, 15) is 8.78 Å². The van der Waals surface area contributed by atoms with Gasteiger partial charge in [0.2, 0.25) is 0 Å². The summed E-state index contributed by atoms with van der Waals surface area (Å²) in [6.07, 6.45) is -1.65. The smallest absolute Gasteiger partial charge is 0.267 e. The Labute approximate surface area is 87.7 Å². The van der Waals surface area contributed by atoms with Crippen LogP contribution in [0.25, 0.3) is 0 Å². The second kappa shape index (κ2) is 4.33. The van der Waals surface area contributed by atoms with E-state index in [1.807, 2.05) is 0 Å². The molecule has 0 amide bonds. The van der Waals surface area contributed by atoms with Gasteiger partial charge in [-0.05, 0) is 0 Å². The largest absolute Gasteiger partial charge is 0.397 e. The van der Waals surface area contributed by atoms with Crippen molar-refractivity contribution in [3.63, 3.8) is 0 Å². The van der Waals surface area contributed by atoms with Crippen molar-refractivity contribution in [1.82, 2.24) is 4.98 Å². The highest BCUT2D eigenvalue weighted by Crippen LogP contribution is 2.30. The Balaban J connectivity index is 3.41. The van der Waals surface area contributed by atoms with E-state index in [2.05, 4.69) is 20.9 Å². The third-order valence-electron chi connectivity index (χ3n) is 1.71. The number of anilines is 1. The van der Waals surface area contributed by atoms with Crippen molar-refractivity contribution in [2.45, 2.75) is 11.8 Å². The Bertz CT molecular complexity index is 387. The maximum absolute atomic E-state index is 12.5. The molecule has 0 aliphatic rings. The predicted octanol–water partition coefficient (Wildman–Crippen LogP) is 2.37. The first-order valence-electron chi connectivity index (χ1n) is 3.63. The van der Waals surface area contributed by atoms with Crippen LogP contribution in [0.5, 0.6) is 0 Å². The SMILES string of the molecule is N#Cc1cnc(CBr)c(N)c1C(F)F. The van der Waals surface area contributed by atoms with Crippen LogP contribution in [0.15, 0.2) is 6.20 Å². The lowest BCUT2D eigenvalue weighted by Gasteiger charge is -2.09. The third kappa shape index (κ3) is 1.82. The van der Waals surface area contributed by atoms with Crippen molar-refractivity contribution < 1.29 is 8.78 Å².